The first-order valence-corrected chi connectivity index (χ1v) is 10.8. The molecule has 0 atom stereocenters. The minimum absolute atomic E-state index is 0.244. The Morgan fingerprint density at radius 2 is 1.84 bits per heavy atom. The van der Waals surface area contributed by atoms with Gasteiger partial charge in [-0.25, -0.2) is 9.79 Å². The van der Waals surface area contributed by atoms with E-state index in [1.54, 1.807) is 62.4 Å². The second-order valence-corrected chi connectivity index (χ2v) is 8.50. The fourth-order valence-electron chi connectivity index (χ4n) is 2.63. The Kier molecular flexibility index (Phi) is 7.58. The van der Waals surface area contributed by atoms with Crippen LogP contribution in [0.2, 0.25) is 0 Å². The van der Waals surface area contributed by atoms with Crippen LogP contribution in [0.4, 0.5) is 26.9 Å². The van der Waals surface area contributed by atoms with Gasteiger partial charge in [0.2, 0.25) is 0 Å². The van der Waals surface area contributed by atoms with Crippen molar-refractivity contribution in [1.82, 2.24) is 5.32 Å². The number of amides is 3. The molecule has 8 nitrogen and oxygen atoms in total. The maximum Gasteiger partial charge on any atom is 0.325 e. The highest BCUT2D eigenvalue weighted by molar-refractivity contribution is 7.14. The molecule has 32 heavy (non-hydrogen) atoms. The number of benzene rings is 2. The molecule has 2 aromatic carbocycles. The molecular weight excluding hydrogens is 426 g/mol. The number of aliphatic imine (C=N–C) groups is 1. The number of rotatable bonds is 8. The third kappa shape index (κ3) is 7.22. The SMILES string of the molecule is CC(C)(O)CNc1ccc(NC(=O)c2ccccc2)cc1N=CNC(=O)Nc1cccs1. The van der Waals surface area contributed by atoms with Gasteiger partial charge < -0.3 is 15.7 Å². The van der Waals surface area contributed by atoms with E-state index >= 15 is 0 Å². The number of hydrogen-bond donors (Lipinski definition) is 5. The zero-order chi connectivity index (χ0) is 23.0. The molecule has 166 valence electrons. The summed E-state index contributed by atoms with van der Waals surface area (Å²) in [5, 5.41) is 23.8. The van der Waals surface area contributed by atoms with Gasteiger partial charge >= 0.3 is 6.03 Å². The van der Waals surface area contributed by atoms with Crippen molar-refractivity contribution in [2.75, 3.05) is 22.5 Å². The Morgan fingerprint density at radius 3 is 2.53 bits per heavy atom. The summed E-state index contributed by atoms with van der Waals surface area (Å²) in [5.41, 5.74) is 1.27. The standard InChI is InChI=1S/C23H25N5O3S/c1-23(2,31)14-24-18-11-10-17(27-21(29)16-7-4-3-5-8-16)13-19(18)25-15-26-22(30)28-20-9-6-12-32-20/h3-13,15,24,31H,14H2,1-2H3,(H,27,29)(H2,25,26,28,30). The monoisotopic (exact) mass is 451 g/mol. The molecule has 0 fully saturated rings. The number of anilines is 3. The van der Waals surface area contributed by atoms with Gasteiger partial charge in [0.25, 0.3) is 5.91 Å². The van der Waals surface area contributed by atoms with Crippen LogP contribution in [0, 0.1) is 0 Å². The summed E-state index contributed by atoms with van der Waals surface area (Å²) in [4.78, 5) is 28.8. The lowest BCUT2D eigenvalue weighted by Gasteiger charge is -2.19. The summed E-state index contributed by atoms with van der Waals surface area (Å²) in [7, 11) is 0. The fraction of sp³-hybridized carbons (Fsp3) is 0.174. The van der Waals surface area contributed by atoms with Gasteiger partial charge in [0.1, 0.15) is 0 Å². The third-order valence-electron chi connectivity index (χ3n) is 4.16. The van der Waals surface area contributed by atoms with E-state index in [2.05, 4.69) is 26.3 Å². The normalized spacial score (nSPS) is 11.2. The van der Waals surface area contributed by atoms with Crippen molar-refractivity contribution < 1.29 is 14.7 Å². The first kappa shape index (κ1) is 23.0. The van der Waals surface area contributed by atoms with Gasteiger partial charge in [-0.3, -0.25) is 15.4 Å². The van der Waals surface area contributed by atoms with Crippen molar-refractivity contribution in [1.29, 1.82) is 0 Å². The third-order valence-corrected chi connectivity index (χ3v) is 4.95. The minimum atomic E-state index is -0.931. The smallest absolute Gasteiger partial charge is 0.325 e. The van der Waals surface area contributed by atoms with Gasteiger partial charge in [0.15, 0.2) is 0 Å². The Labute approximate surface area is 190 Å². The molecular formula is C23H25N5O3S. The number of thiophene rings is 1. The summed E-state index contributed by atoms with van der Waals surface area (Å²) in [6.07, 6.45) is 1.27. The molecule has 0 saturated heterocycles. The minimum Gasteiger partial charge on any atom is -0.389 e. The van der Waals surface area contributed by atoms with Crippen molar-refractivity contribution >= 4 is 51.7 Å². The number of urea groups is 1. The van der Waals surface area contributed by atoms with Crippen molar-refractivity contribution in [2.24, 2.45) is 4.99 Å². The molecule has 0 aliphatic carbocycles. The van der Waals surface area contributed by atoms with E-state index in [-0.39, 0.29) is 12.5 Å². The highest BCUT2D eigenvalue weighted by Crippen LogP contribution is 2.29. The molecule has 0 radical (unpaired) electrons. The van der Waals surface area contributed by atoms with E-state index in [1.165, 1.54) is 17.7 Å². The van der Waals surface area contributed by atoms with Crippen LogP contribution in [0.25, 0.3) is 0 Å². The van der Waals surface area contributed by atoms with Gasteiger partial charge in [-0.1, -0.05) is 18.2 Å². The highest BCUT2D eigenvalue weighted by atomic mass is 32.1. The van der Waals surface area contributed by atoms with E-state index in [0.29, 0.717) is 27.6 Å². The Morgan fingerprint density at radius 1 is 1.06 bits per heavy atom. The van der Waals surface area contributed by atoms with E-state index in [0.717, 1.165) is 0 Å². The van der Waals surface area contributed by atoms with Crippen LogP contribution in [0.1, 0.15) is 24.2 Å². The predicted octanol–water partition coefficient (Wildman–Crippen LogP) is 4.66. The van der Waals surface area contributed by atoms with E-state index in [9.17, 15) is 14.7 Å². The molecule has 3 aromatic rings. The predicted molar refractivity (Wildman–Crippen MR) is 130 cm³/mol. The van der Waals surface area contributed by atoms with Crippen LogP contribution < -0.4 is 21.3 Å². The van der Waals surface area contributed by atoms with Gasteiger partial charge in [0, 0.05) is 17.8 Å². The second-order valence-electron chi connectivity index (χ2n) is 7.55. The Hall–Kier alpha value is -3.69. The van der Waals surface area contributed by atoms with Crippen LogP contribution in [-0.4, -0.2) is 35.5 Å². The number of hydrogen-bond acceptors (Lipinski definition) is 6. The van der Waals surface area contributed by atoms with Crippen LogP contribution in [0.15, 0.2) is 71.0 Å². The molecule has 0 spiro atoms. The average Bonchev–Trinajstić information content (AvgIpc) is 3.26. The van der Waals surface area contributed by atoms with E-state index in [4.69, 9.17) is 0 Å². The number of carbonyl (C=O) groups is 2. The summed E-state index contributed by atoms with van der Waals surface area (Å²) >= 11 is 1.41. The number of nitrogens with one attached hydrogen (secondary N) is 4. The molecule has 9 heteroatoms. The molecule has 0 unspecified atom stereocenters. The molecule has 0 saturated carbocycles. The van der Waals surface area contributed by atoms with Crippen LogP contribution >= 0.6 is 11.3 Å². The average molecular weight is 452 g/mol. The Bertz CT molecular complexity index is 1080. The van der Waals surface area contributed by atoms with E-state index in [1.807, 2.05) is 17.5 Å². The van der Waals surface area contributed by atoms with Crippen molar-refractivity contribution in [3.63, 3.8) is 0 Å². The number of aliphatic hydroxyl groups is 1. The first-order valence-electron chi connectivity index (χ1n) is 9.90. The maximum absolute atomic E-state index is 12.5. The Balaban J connectivity index is 1.73. The second kappa shape index (κ2) is 10.6. The van der Waals surface area contributed by atoms with Gasteiger partial charge in [-0.2, -0.15) is 0 Å². The molecule has 3 amide bonds. The van der Waals surface area contributed by atoms with Crippen molar-refractivity contribution in [2.45, 2.75) is 19.4 Å². The quantitative estimate of drug-likeness (QED) is 0.253. The zero-order valence-electron chi connectivity index (χ0n) is 17.8. The molecule has 1 heterocycles. The summed E-state index contributed by atoms with van der Waals surface area (Å²) in [5.74, 6) is -0.244. The van der Waals surface area contributed by atoms with Crippen LogP contribution in [0.5, 0.6) is 0 Å². The molecule has 5 N–H and O–H groups in total. The molecule has 0 aliphatic rings. The molecule has 1 aromatic heterocycles. The molecule has 3 rings (SSSR count). The zero-order valence-corrected chi connectivity index (χ0v) is 18.6. The lowest BCUT2D eigenvalue weighted by atomic mass is 10.1. The number of nitrogens with zero attached hydrogens (tertiary/aromatic N) is 1. The summed E-state index contributed by atoms with van der Waals surface area (Å²) in [6.45, 7) is 3.67. The maximum atomic E-state index is 12.5. The molecule has 0 bridgehead atoms. The number of carbonyl (C=O) groups excluding carboxylic acids is 2. The van der Waals surface area contributed by atoms with Crippen molar-refractivity contribution in [3.8, 4) is 0 Å². The summed E-state index contributed by atoms with van der Waals surface area (Å²) < 4.78 is 0. The topological polar surface area (TPSA) is 115 Å². The van der Waals surface area contributed by atoms with Gasteiger partial charge in [0.05, 0.1) is 28.3 Å². The highest BCUT2D eigenvalue weighted by Gasteiger charge is 2.14. The summed E-state index contributed by atoms with van der Waals surface area (Å²) in [6, 6.07) is 17.3. The van der Waals surface area contributed by atoms with Crippen molar-refractivity contribution in [3.05, 3.63) is 71.6 Å². The lowest BCUT2D eigenvalue weighted by Crippen LogP contribution is -2.29. The van der Waals surface area contributed by atoms with E-state index < -0.39 is 11.6 Å². The van der Waals surface area contributed by atoms with Crippen LogP contribution in [-0.2, 0) is 0 Å². The van der Waals surface area contributed by atoms with Crippen LogP contribution in [0.3, 0.4) is 0 Å². The molecule has 0 aliphatic heterocycles. The van der Waals surface area contributed by atoms with Gasteiger partial charge in [-0.15, -0.1) is 11.3 Å². The largest absolute Gasteiger partial charge is 0.389 e. The van der Waals surface area contributed by atoms with Gasteiger partial charge in [-0.05, 0) is 61.7 Å². The lowest BCUT2D eigenvalue weighted by molar-refractivity contribution is 0.0945. The first-order chi connectivity index (χ1) is 15.3. The fourth-order valence-corrected chi connectivity index (χ4v) is 3.24.